The Morgan fingerprint density at radius 1 is 0.692 bits per heavy atom. The Kier molecular flexibility index (Phi) is 4.28. The summed E-state index contributed by atoms with van der Waals surface area (Å²) in [4.78, 5) is 2.10. The predicted octanol–water partition coefficient (Wildman–Crippen LogP) is 5.27. The van der Waals surface area contributed by atoms with Gasteiger partial charge in [0.2, 0.25) is 0 Å². The lowest BCUT2D eigenvalue weighted by atomic mass is 10.1. The Hall–Kier alpha value is -3.33. The Morgan fingerprint density at radius 2 is 1.31 bits per heavy atom. The van der Waals surface area contributed by atoms with Crippen LogP contribution in [0.4, 0.5) is 5.69 Å². The first-order valence-electron chi connectivity index (χ1n) is 8.71. The van der Waals surface area contributed by atoms with Crippen molar-refractivity contribution < 1.29 is 0 Å². The van der Waals surface area contributed by atoms with Crippen LogP contribution in [-0.2, 0) is 0 Å². The van der Waals surface area contributed by atoms with E-state index in [-0.39, 0.29) is 0 Å². The zero-order chi connectivity index (χ0) is 17.9. The fourth-order valence-electron chi connectivity index (χ4n) is 3.03. The molecule has 0 fully saturated rings. The second kappa shape index (κ2) is 6.89. The van der Waals surface area contributed by atoms with Gasteiger partial charge in [-0.15, -0.1) is 0 Å². The summed E-state index contributed by atoms with van der Waals surface area (Å²) in [6.07, 6.45) is 0. The van der Waals surface area contributed by atoms with Gasteiger partial charge in [-0.25, -0.2) is 4.68 Å². The third-order valence-electron chi connectivity index (χ3n) is 4.46. The molecule has 1 heterocycles. The van der Waals surface area contributed by atoms with Crippen molar-refractivity contribution in [1.29, 1.82) is 0 Å². The molecule has 3 aromatic carbocycles. The van der Waals surface area contributed by atoms with Gasteiger partial charge >= 0.3 is 0 Å². The zero-order valence-corrected chi connectivity index (χ0v) is 15.0. The Morgan fingerprint density at radius 3 is 1.92 bits per heavy atom. The van der Waals surface area contributed by atoms with Crippen molar-refractivity contribution in [3.8, 4) is 28.2 Å². The maximum Gasteiger partial charge on any atom is 0.0934 e. The average molecular weight is 339 g/mol. The quantitative estimate of drug-likeness (QED) is 0.505. The van der Waals surface area contributed by atoms with E-state index in [9.17, 15) is 0 Å². The number of anilines is 1. The van der Waals surface area contributed by atoms with Gasteiger partial charge in [0.05, 0.1) is 17.1 Å². The second-order valence-electron chi connectivity index (χ2n) is 6.47. The molecule has 4 rings (SSSR count). The Bertz CT molecular complexity index is 928. The number of aromatic nitrogens is 2. The summed E-state index contributed by atoms with van der Waals surface area (Å²) in [6, 6.07) is 31.3. The largest absolute Gasteiger partial charge is 0.378 e. The van der Waals surface area contributed by atoms with Crippen LogP contribution in [-0.4, -0.2) is 23.9 Å². The van der Waals surface area contributed by atoms with Crippen LogP contribution in [0.15, 0.2) is 91.0 Å². The molecule has 1 aromatic heterocycles. The zero-order valence-electron chi connectivity index (χ0n) is 15.0. The van der Waals surface area contributed by atoms with Crippen LogP contribution in [0.1, 0.15) is 0 Å². The number of hydrogen-bond acceptors (Lipinski definition) is 2. The molecule has 0 saturated heterocycles. The molecule has 0 N–H and O–H groups in total. The van der Waals surface area contributed by atoms with Gasteiger partial charge in [-0.1, -0.05) is 60.7 Å². The molecular formula is C23H21N3. The summed E-state index contributed by atoms with van der Waals surface area (Å²) in [5, 5.41) is 4.90. The molecule has 0 aliphatic carbocycles. The molecule has 0 spiro atoms. The first-order valence-corrected chi connectivity index (χ1v) is 8.71. The minimum atomic E-state index is 0.970. The fraction of sp³-hybridized carbons (Fsp3) is 0.0870. The van der Waals surface area contributed by atoms with Gasteiger partial charge in [0.25, 0.3) is 0 Å². The number of benzene rings is 3. The van der Waals surface area contributed by atoms with E-state index in [2.05, 4.69) is 71.6 Å². The first-order chi connectivity index (χ1) is 12.7. The van der Waals surface area contributed by atoms with Crippen molar-refractivity contribution in [3.05, 3.63) is 91.0 Å². The molecule has 3 heteroatoms. The predicted molar refractivity (Wildman–Crippen MR) is 109 cm³/mol. The van der Waals surface area contributed by atoms with Crippen LogP contribution >= 0.6 is 0 Å². The van der Waals surface area contributed by atoms with E-state index in [1.54, 1.807) is 0 Å². The maximum absolute atomic E-state index is 4.90. The summed E-state index contributed by atoms with van der Waals surface area (Å²) in [5.41, 5.74) is 6.56. The van der Waals surface area contributed by atoms with E-state index < -0.39 is 0 Å². The van der Waals surface area contributed by atoms with Crippen LogP contribution in [0, 0.1) is 0 Å². The highest BCUT2D eigenvalue weighted by Gasteiger charge is 2.13. The minimum Gasteiger partial charge on any atom is -0.378 e. The van der Waals surface area contributed by atoms with E-state index in [4.69, 9.17) is 5.10 Å². The molecular weight excluding hydrogens is 318 g/mol. The van der Waals surface area contributed by atoms with Crippen LogP contribution in [0.3, 0.4) is 0 Å². The monoisotopic (exact) mass is 339 g/mol. The van der Waals surface area contributed by atoms with E-state index in [1.807, 2.05) is 43.0 Å². The molecule has 128 valence electrons. The summed E-state index contributed by atoms with van der Waals surface area (Å²) in [6.45, 7) is 0. The molecule has 0 atom stereocenters. The van der Waals surface area contributed by atoms with Gasteiger partial charge in [0, 0.05) is 30.9 Å². The van der Waals surface area contributed by atoms with Crippen molar-refractivity contribution >= 4 is 5.69 Å². The molecule has 3 nitrogen and oxygen atoms in total. The molecule has 0 bridgehead atoms. The van der Waals surface area contributed by atoms with E-state index in [0.717, 1.165) is 28.2 Å². The van der Waals surface area contributed by atoms with Crippen molar-refractivity contribution in [2.24, 2.45) is 0 Å². The van der Waals surface area contributed by atoms with Crippen molar-refractivity contribution in [2.45, 2.75) is 0 Å². The van der Waals surface area contributed by atoms with Gasteiger partial charge in [-0.3, -0.25) is 0 Å². The van der Waals surface area contributed by atoms with Crippen LogP contribution in [0.25, 0.3) is 28.2 Å². The Labute approximate surface area is 154 Å². The number of hydrogen-bond donors (Lipinski definition) is 0. The van der Waals surface area contributed by atoms with Gasteiger partial charge in [0.1, 0.15) is 0 Å². The van der Waals surface area contributed by atoms with Crippen molar-refractivity contribution in [2.75, 3.05) is 19.0 Å². The maximum atomic E-state index is 4.90. The Balaban J connectivity index is 1.83. The molecule has 0 aliphatic rings. The lowest BCUT2D eigenvalue weighted by Gasteiger charge is -2.12. The summed E-state index contributed by atoms with van der Waals surface area (Å²) < 4.78 is 2.02. The van der Waals surface area contributed by atoms with Gasteiger partial charge in [-0.2, -0.15) is 5.10 Å². The van der Waals surface area contributed by atoms with Crippen molar-refractivity contribution in [1.82, 2.24) is 9.78 Å². The SMILES string of the molecule is CN(C)c1ccc(-c2cc(-c3ccccc3)n(-c3ccccc3)n2)cc1. The molecule has 0 saturated carbocycles. The number of para-hydroxylation sites is 1. The van der Waals surface area contributed by atoms with Crippen LogP contribution < -0.4 is 4.90 Å². The van der Waals surface area contributed by atoms with Crippen molar-refractivity contribution in [3.63, 3.8) is 0 Å². The van der Waals surface area contributed by atoms with Crippen LogP contribution in [0.5, 0.6) is 0 Å². The molecule has 26 heavy (non-hydrogen) atoms. The molecule has 0 aliphatic heterocycles. The standard InChI is InChI=1S/C23H21N3/c1-25(2)20-15-13-18(14-16-20)22-17-23(19-9-5-3-6-10-19)26(24-22)21-11-7-4-8-12-21/h3-17H,1-2H3. The molecule has 0 amide bonds. The third-order valence-corrected chi connectivity index (χ3v) is 4.46. The van der Waals surface area contributed by atoms with E-state index >= 15 is 0 Å². The average Bonchev–Trinajstić information content (AvgIpc) is 3.15. The topological polar surface area (TPSA) is 21.1 Å². The van der Waals surface area contributed by atoms with Gasteiger partial charge in [0.15, 0.2) is 0 Å². The fourth-order valence-corrected chi connectivity index (χ4v) is 3.03. The van der Waals surface area contributed by atoms with Gasteiger partial charge < -0.3 is 4.90 Å². The first kappa shape index (κ1) is 16.2. The summed E-state index contributed by atoms with van der Waals surface area (Å²) in [7, 11) is 4.10. The number of rotatable bonds is 4. The lowest BCUT2D eigenvalue weighted by molar-refractivity contribution is 0.892. The van der Waals surface area contributed by atoms with E-state index in [1.165, 1.54) is 5.69 Å². The second-order valence-corrected chi connectivity index (χ2v) is 6.47. The minimum absolute atomic E-state index is 0.970. The molecule has 0 unspecified atom stereocenters. The van der Waals surface area contributed by atoms with Gasteiger partial charge in [-0.05, 0) is 30.3 Å². The summed E-state index contributed by atoms with van der Waals surface area (Å²) >= 11 is 0. The van der Waals surface area contributed by atoms with Crippen LogP contribution in [0.2, 0.25) is 0 Å². The summed E-state index contributed by atoms with van der Waals surface area (Å²) in [5.74, 6) is 0. The number of nitrogens with zero attached hydrogens (tertiary/aromatic N) is 3. The van der Waals surface area contributed by atoms with E-state index in [0.29, 0.717) is 0 Å². The highest BCUT2D eigenvalue weighted by molar-refractivity contribution is 5.71. The normalized spacial score (nSPS) is 10.7. The third kappa shape index (κ3) is 3.11. The smallest absolute Gasteiger partial charge is 0.0934 e. The molecule has 4 aromatic rings. The highest BCUT2D eigenvalue weighted by atomic mass is 15.3. The molecule has 0 radical (unpaired) electrons. The lowest BCUT2D eigenvalue weighted by Crippen LogP contribution is -2.07. The highest BCUT2D eigenvalue weighted by Crippen LogP contribution is 2.29.